The highest BCUT2D eigenvalue weighted by molar-refractivity contribution is 5.97. The SMILES string of the molecule is CC(=O)Oc1cccc(C(=O)N[C@H](CCCC#N)C(=O)O)c1. The number of hydrogen-bond acceptors (Lipinski definition) is 5. The molecule has 2 N–H and O–H groups in total. The fourth-order valence-electron chi connectivity index (χ4n) is 1.75. The largest absolute Gasteiger partial charge is 0.480 e. The summed E-state index contributed by atoms with van der Waals surface area (Å²) in [6, 6.07) is 6.72. The molecule has 0 fully saturated rings. The molecule has 1 atom stereocenters. The molecule has 116 valence electrons. The standard InChI is InChI=1S/C15H16N2O5/c1-10(18)22-12-6-4-5-11(9-12)14(19)17-13(15(20)21)7-2-3-8-16/h4-6,9,13H,2-3,7H2,1H3,(H,17,19)(H,20,21)/t13-/m1/s1. The van der Waals surface area contributed by atoms with Gasteiger partial charge in [0, 0.05) is 18.9 Å². The van der Waals surface area contributed by atoms with Crippen LogP contribution >= 0.6 is 0 Å². The summed E-state index contributed by atoms with van der Waals surface area (Å²) >= 11 is 0. The Labute approximate surface area is 127 Å². The van der Waals surface area contributed by atoms with Crippen molar-refractivity contribution >= 4 is 17.8 Å². The number of carbonyl (C=O) groups excluding carboxylic acids is 2. The van der Waals surface area contributed by atoms with Gasteiger partial charge in [0.25, 0.3) is 5.91 Å². The molecular weight excluding hydrogens is 288 g/mol. The molecule has 1 aromatic rings. The van der Waals surface area contributed by atoms with Gasteiger partial charge in [-0.2, -0.15) is 5.26 Å². The van der Waals surface area contributed by atoms with Crippen LogP contribution in [0.5, 0.6) is 5.75 Å². The summed E-state index contributed by atoms with van der Waals surface area (Å²) < 4.78 is 4.87. The van der Waals surface area contributed by atoms with Gasteiger partial charge < -0.3 is 15.2 Å². The van der Waals surface area contributed by atoms with Gasteiger partial charge in [-0.25, -0.2) is 4.79 Å². The monoisotopic (exact) mass is 304 g/mol. The van der Waals surface area contributed by atoms with Crippen LogP contribution in [0, 0.1) is 11.3 Å². The Hall–Kier alpha value is -2.88. The zero-order valence-electron chi connectivity index (χ0n) is 12.0. The van der Waals surface area contributed by atoms with E-state index in [-0.39, 0.29) is 24.2 Å². The highest BCUT2D eigenvalue weighted by Gasteiger charge is 2.20. The van der Waals surface area contributed by atoms with Crippen LogP contribution in [0.4, 0.5) is 0 Å². The number of nitrogens with one attached hydrogen (secondary N) is 1. The van der Waals surface area contributed by atoms with Gasteiger partial charge in [-0.05, 0) is 31.0 Å². The topological polar surface area (TPSA) is 116 Å². The molecule has 1 rings (SSSR count). The lowest BCUT2D eigenvalue weighted by Gasteiger charge is -2.14. The van der Waals surface area contributed by atoms with E-state index in [1.165, 1.54) is 31.2 Å². The van der Waals surface area contributed by atoms with Crippen molar-refractivity contribution in [2.45, 2.75) is 32.2 Å². The first-order chi connectivity index (χ1) is 10.4. The normalized spacial score (nSPS) is 11.1. The Morgan fingerprint density at radius 2 is 2.14 bits per heavy atom. The first-order valence-electron chi connectivity index (χ1n) is 6.63. The summed E-state index contributed by atoms with van der Waals surface area (Å²) in [5.41, 5.74) is 0.185. The second-order valence-corrected chi connectivity index (χ2v) is 4.54. The highest BCUT2D eigenvalue weighted by Crippen LogP contribution is 2.14. The number of aliphatic carboxylic acids is 1. The van der Waals surface area contributed by atoms with E-state index < -0.39 is 23.9 Å². The molecule has 0 spiro atoms. The number of hydrogen-bond donors (Lipinski definition) is 2. The van der Waals surface area contributed by atoms with Crippen molar-refractivity contribution in [1.82, 2.24) is 5.32 Å². The lowest BCUT2D eigenvalue weighted by Crippen LogP contribution is -2.40. The van der Waals surface area contributed by atoms with Crippen LogP contribution in [-0.4, -0.2) is 29.0 Å². The number of unbranched alkanes of at least 4 members (excludes halogenated alkanes) is 1. The number of nitrogens with zero attached hydrogens (tertiary/aromatic N) is 1. The minimum atomic E-state index is -1.16. The zero-order valence-corrected chi connectivity index (χ0v) is 12.0. The van der Waals surface area contributed by atoms with Crippen molar-refractivity contribution in [1.29, 1.82) is 5.26 Å². The number of nitriles is 1. The number of amides is 1. The summed E-state index contributed by atoms with van der Waals surface area (Å²) in [6.07, 6.45) is 0.765. The van der Waals surface area contributed by atoms with E-state index in [2.05, 4.69) is 5.32 Å². The van der Waals surface area contributed by atoms with E-state index in [9.17, 15) is 14.4 Å². The van der Waals surface area contributed by atoms with Crippen molar-refractivity contribution in [3.05, 3.63) is 29.8 Å². The fourth-order valence-corrected chi connectivity index (χ4v) is 1.75. The number of carbonyl (C=O) groups is 3. The number of carboxylic acid groups (broad SMARTS) is 1. The lowest BCUT2D eigenvalue weighted by atomic mass is 10.1. The minimum absolute atomic E-state index is 0.165. The molecule has 0 saturated carbocycles. The van der Waals surface area contributed by atoms with Gasteiger partial charge in [-0.15, -0.1) is 0 Å². The average Bonchev–Trinajstić information content (AvgIpc) is 2.45. The zero-order chi connectivity index (χ0) is 16.5. The second-order valence-electron chi connectivity index (χ2n) is 4.54. The fraction of sp³-hybridized carbons (Fsp3) is 0.333. The average molecular weight is 304 g/mol. The van der Waals surface area contributed by atoms with Crippen LogP contribution in [-0.2, 0) is 9.59 Å². The van der Waals surface area contributed by atoms with E-state index in [1.807, 2.05) is 6.07 Å². The summed E-state index contributed by atoms with van der Waals surface area (Å²) in [4.78, 5) is 34.0. The molecule has 0 saturated heterocycles. The van der Waals surface area contributed by atoms with E-state index in [4.69, 9.17) is 15.1 Å². The third kappa shape index (κ3) is 5.63. The van der Waals surface area contributed by atoms with Gasteiger partial charge in [0.1, 0.15) is 11.8 Å². The molecule has 7 nitrogen and oxygen atoms in total. The smallest absolute Gasteiger partial charge is 0.326 e. The van der Waals surface area contributed by atoms with Crippen molar-refractivity contribution < 1.29 is 24.2 Å². The van der Waals surface area contributed by atoms with Crippen molar-refractivity contribution in [2.24, 2.45) is 0 Å². The molecule has 0 aliphatic rings. The highest BCUT2D eigenvalue weighted by atomic mass is 16.5. The molecule has 0 aliphatic heterocycles. The number of carboxylic acids is 1. The first kappa shape index (κ1) is 17.2. The number of rotatable bonds is 7. The van der Waals surface area contributed by atoms with E-state index in [1.54, 1.807) is 0 Å². The third-order valence-corrected chi connectivity index (χ3v) is 2.74. The molecular formula is C15H16N2O5. The molecule has 0 bridgehead atoms. The van der Waals surface area contributed by atoms with Crippen LogP contribution in [0.3, 0.4) is 0 Å². The number of esters is 1. The maximum absolute atomic E-state index is 12.1. The predicted octanol–water partition coefficient (Wildman–Crippen LogP) is 1.49. The van der Waals surface area contributed by atoms with Crippen molar-refractivity contribution in [3.8, 4) is 11.8 Å². The van der Waals surface area contributed by atoms with Gasteiger partial charge in [0.15, 0.2) is 0 Å². The summed E-state index contributed by atoms with van der Waals surface area (Å²) in [5, 5.41) is 19.9. The molecule has 1 amide bonds. The summed E-state index contributed by atoms with van der Waals surface area (Å²) in [6.45, 7) is 1.24. The van der Waals surface area contributed by atoms with Gasteiger partial charge in [0.05, 0.1) is 6.07 Å². The van der Waals surface area contributed by atoms with E-state index in [0.29, 0.717) is 6.42 Å². The second kappa shape index (κ2) is 8.42. The summed E-state index contributed by atoms with van der Waals surface area (Å²) in [7, 11) is 0. The van der Waals surface area contributed by atoms with Gasteiger partial charge in [-0.3, -0.25) is 9.59 Å². The Kier molecular flexibility index (Phi) is 6.57. The van der Waals surface area contributed by atoms with E-state index in [0.717, 1.165) is 0 Å². The molecule has 0 radical (unpaired) electrons. The Balaban J connectivity index is 2.75. The third-order valence-electron chi connectivity index (χ3n) is 2.74. The van der Waals surface area contributed by atoms with Crippen molar-refractivity contribution in [2.75, 3.05) is 0 Å². The molecule has 0 aromatic heterocycles. The quantitative estimate of drug-likeness (QED) is 0.448. The van der Waals surface area contributed by atoms with Gasteiger partial charge in [-0.1, -0.05) is 6.07 Å². The van der Waals surface area contributed by atoms with Crippen LogP contribution in [0.15, 0.2) is 24.3 Å². The number of ether oxygens (including phenoxy) is 1. The molecule has 7 heteroatoms. The first-order valence-corrected chi connectivity index (χ1v) is 6.63. The van der Waals surface area contributed by atoms with Crippen LogP contribution < -0.4 is 10.1 Å². The lowest BCUT2D eigenvalue weighted by molar-refractivity contribution is -0.139. The molecule has 1 aromatic carbocycles. The molecule has 22 heavy (non-hydrogen) atoms. The molecule has 0 unspecified atom stereocenters. The molecule has 0 aliphatic carbocycles. The van der Waals surface area contributed by atoms with Crippen LogP contribution in [0.2, 0.25) is 0 Å². The minimum Gasteiger partial charge on any atom is -0.480 e. The maximum Gasteiger partial charge on any atom is 0.326 e. The predicted molar refractivity (Wildman–Crippen MR) is 76.1 cm³/mol. The maximum atomic E-state index is 12.1. The summed E-state index contributed by atoms with van der Waals surface area (Å²) in [5.74, 6) is -2.06. The van der Waals surface area contributed by atoms with Crippen LogP contribution in [0.25, 0.3) is 0 Å². The molecule has 0 heterocycles. The van der Waals surface area contributed by atoms with E-state index >= 15 is 0 Å². The Bertz CT molecular complexity index is 606. The van der Waals surface area contributed by atoms with Crippen LogP contribution in [0.1, 0.15) is 36.5 Å². The number of benzene rings is 1. The van der Waals surface area contributed by atoms with Crippen molar-refractivity contribution in [3.63, 3.8) is 0 Å². The van der Waals surface area contributed by atoms with Gasteiger partial charge >= 0.3 is 11.9 Å². The Morgan fingerprint density at radius 3 is 2.73 bits per heavy atom. The van der Waals surface area contributed by atoms with Gasteiger partial charge in [0.2, 0.25) is 0 Å². The Morgan fingerprint density at radius 1 is 1.41 bits per heavy atom.